The van der Waals surface area contributed by atoms with E-state index >= 15 is 0 Å². The quantitative estimate of drug-likeness (QED) is 0.247. The summed E-state index contributed by atoms with van der Waals surface area (Å²) in [6.07, 6.45) is 1.86. The van der Waals surface area contributed by atoms with Crippen LogP contribution in [0.3, 0.4) is 0 Å². The van der Waals surface area contributed by atoms with Gasteiger partial charge in [0.2, 0.25) is 0 Å². The summed E-state index contributed by atoms with van der Waals surface area (Å²) in [7, 11) is 0. The summed E-state index contributed by atoms with van der Waals surface area (Å²) in [6, 6.07) is 10.3. The fourth-order valence-corrected chi connectivity index (χ4v) is 2.49. The smallest absolute Gasteiger partial charge is 0.303 e. The molecule has 0 aliphatic rings. The molecule has 124 valence electrons. The number of carbonyl (C=O) groups excluding carboxylic acids is 1. The van der Waals surface area contributed by atoms with E-state index in [0.717, 1.165) is 16.7 Å². The second-order valence-corrected chi connectivity index (χ2v) is 5.44. The number of benzene rings is 2. The molecule has 2 rings (SSSR count). The summed E-state index contributed by atoms with van der Waals surface area (Å²) in [4.78, 5) is 23.4. The van der Waals surface area contributed by atoms with Crippen LogP contribution in [0.5, 0.6) is 0 Å². The van der Waals surface area contributed by atoms with E-state index < -0.39 is 5.97 Å². The predicted octanol–water partition coefficient (Wildman–Crippen LogP) is 2.12. The zero-order valence-corrected chi connectivity index (χ0v) is 13.3. The van der Waals surface area contributed by atoms with Crippen LogP contribution in [0.4, 0.5) is 5.69 Å². The van der Waals surface area contributed by atoms with Crippen LogP contribution in [-0.4, -0.2) is 23.1 Å². The lowest BCUT2D eigenvalue weighted by atomic mass is 9.94. The van der Waals surface area contributed by atoms with Crippen LogP contribution in [0.15, 0.2) is 41.5 Å². The van der Waals surface area contributed by atoms with Gasteiger partial charge in [-0.25, -0.2) is 0 Å². The van der Waals surface area contributed by atoms with Crippen LogP contribution < -0.4 is 11.6 Å². The van der Waals surface area contributed by atoms with Gasteiger partial charge in [0.05, 0.1) is 6.21 Å². The van der Waals surface area contributed by atoms with Crippen molar-refractivity contribution < 1.29 is 14.7 Å². The Labute approximate surface area is 139 Å². The van der Waals surface area contributed by atoms with Crippen molar-refractivity contribution in [3.63, 3.8) is 0 Å². The Kier molecular flexibility index (Phi) is 5.31. The van der Waals surface area contributed by atoms with Crippen molar-refractivity contribution in [3.8, 4) is 0 Å². The zero-order valence-electron chi connectivity index (χ0n) is 13.3. The molecule has 6 nitrogen and oxygen atoms in total. The lowest BCUT2D eigenvalue weighted by Gasteiger charge is -2.12. The fourth-order valence-electron chi connectivity index (χ4n) is 2.49. The van der Waals surface area contributed by atoms with E-state index in [-0.39, 0.29) is 12.2 Å². The molecular formula is C18H19N3O3. The maximum absolute atomic E-state index is 12.7. The van der Waals surface area contributed by atoms with Crippen molar-refractivity contribution in [1.29, 1.82) is 0 Å². The summed E-state index contributed by atoms with van der Waals surface area (Å²) < 4.78 is 0. The number of nitrogens with zero attached hydrogens (tertiary/aromatic N) is 1. The van der Waals surface area contributed by atoms with Crippen LogP contribution >= 0.6 is 0 Å². The highest BCUT2D eigenvalue weighted by Crippen LogP contribution is 2.25. The molecule has 6 heteroatoms. The van der Waals surface area contributed by atoms with Crippen molar-refractivity contribution in [2.45, 2.75) is 19.8 Å². The average Bonchev–Trinajstić information content (AvgIpc) is 2.56. The Bertz CT molecular complexity index is 813. The molecule has 5 N–H and O–H groups in total. The van der Waals surface area contributed by atoms with E-state index in [1.165, 1.54) is 6.21 Å². The molecule has 0 fully saturated rings. The first-order valence-corrected chi connectivity index (χ1v) is 7.41. The molecule has 0 heterocycles. The van der Waals surface area contributed by atoms with Crippen molar-refractivity contribution in [2.75, 3.05) is 5.73 Å². The minimum absolute atomic E-state index is 0.0219. The lowest BCUT2D eigenvalue weighted by Crippen LogP contribution is -2.09. The maximum Gasteiger partial charge on any atom is 0.303 e. The van der Waals surface area contributed by atoms with Gasteiger partial charge in [0, 0.05) is 23.2 Å². The summed E-state index contributed by atoms with van der Waals surface area (Å²) >= 11 is 0. The summed E-state index contributed by atoms with van der Waals surface area (Å²) in [5.41, 5.74) is 9.65. The number of carbonyl (C=O) groups is 2. The SMILES string of the molecule is Cc1c(CCC(=O)O)ccc(C(=O)c2cccc(C=NN)c2)c1N. The van der Waals surface area contributed by atoms with Gasteiger partial charge in [-0.15, -0.1) is 0 Å². The predicted molar refractivity (Wildman–Crippen MR) is 93.2 cm³/mol. The van der Waals surface area contributed by atoms with Crippen LogP contribution in [0, 0.1) is 6.92 Å². The van der Waals surface area contributed by atoms with Crippen LogP contribution in [0.25, 0.3) is 0 Å². The first-order valence-electron chi connectivity index (χ1n) is 7.41. The van der Waals surface area contributed by atoms with E-state index in [1.807, 2.05) is 0 Å². The Hall–Kier alpha value is -3.15. The van der Waals surface area contributed by atoms with Gasteiger partial charge >= 0.3 is 5.97 Å². The Morgan fingerprint density at radius 1 is 1.25 bits per heavy atom. The molecule has 0 radical (unpaired) electrons. The number of nitrogen functional groups attached to an aromatic ring is 1. The molecule has 24 heavy (non-hydrogen) atoms. The van der Waals surface area contributed by atoms with Gasteiger partial charge in [-0.1, -0.05) is 24.3 Å². The molecular weight excluding hydrogens is 306 g/mol. The second kappa shape index (κ2) is 7.41. The number of anilines is 1. The van der Waals surface area contributed by atoms with Gasteiger partial charge in [0.15, 0.2) is 5.78 Å². The third-order valence-corrected chi connectivity index (χ3v) is 3.85. The Balaban J connectivity index is 2.35. The number of hydrazone groups is 1. The molecule has 0 aliphatic carbocycles. The number of nitrogens with two attached hydrogens (primary N) is 2. The van der Waals surface area contributed by atoms with Crippen LogP contribution in [0.2, 0.25) is 0 Å². The molecule has 0 aromatic heterocycles. The highest BCUT2D eigenvalue weighted by molar-refractivity contribution is 6.13. The van der Waals surface area contributed by atoms with Gasteiger partial charge < -0.3 is 16.7 Å². The second-order valence-electron chi connectivity index (χ2n) is 5.44. The molecule has 2 aromatic rings. The maximum atomic E-state index is 12.7. The number of aryl methyl sites for hydroxylation is 1. The monoisotopic (exact) mass is 325 g/mol. The topological polar surface area (TPSA) is 119 Å². The molecule has 0 amide bonds. The normalized spacial score (nSPS) is 10.9. The van der Waals surface area contributed by atoms with Crippen LogP contribution in [0.1, 0.15) is 39.0 Å². The minimum atomic E-state index is -0.869. The van der Waals surface area contributed by atoms with Gasteiger partial charge in [-0.05, 0) is 42.2 Å². The lowest BCUT2D eigenvalue weighted by molar-refractivity contribution is -0.136. The van der Waals surface area contributed by atoms with Crippen molar-refractivity contribution in [3.05, 3.63) is 64.2 Å². The molecule has 0 saturated carbocycles. The number of carboxylic acid groups (broad SMARTS) is 1. The molecule has 0 unspecified atom stereocenters. The zero-order chi connectivity index (χ0) is 17.7. The fraction of sp³-hybridized carbons (Fsp3) is 0.167. The Morgan fingerprint density at radius 3 is 2.67 bits per heavy atom. The van der Waals surface area contributed by atoms with E-state index in [0.29, 0.717) is 23.2 Å². The first-order chi connectivity index (χ1) is 11.4. The number of ketones is 1. The largest absolute Gasteiger partial charge is 0.481 e. The number of aliphatic carboxylic acids is 1. The van der Waals surface area contributed by atoms with E-state index in [9.17, 15) is 9.59 Å². The summed E-state index contributed by atoms with van der Waals surface area (Å²) in [5.74, 6) is 4.06. The van der Waals surface area contributed by atoms with Gasteiger partial charge in [0.25, 0.3) is 0 Å². The van der Waals surface area contributed by atoms with Crippen molar-refractivity contribution >= 4 is 23.7 Å². The third-order valence-electron chi connectivity index (χ3n) is 3.85. The number of hydrogen-bond donors (Lipinski definition) is 3. The molecule has 2 aromatic carbocycles. The molecule has 0 spiro atoms. The number of rotatable bonds is 6. The molecule has 0 aliphatic heterocycles. The molecule has 0 saturated heterocycles. The molecule has 0 bridgehead atoms. The van der Waals surface area contributed by atoms with Gasteiger partial charge in [0.1, 0.15) is 0 Å². The van der Waals surface area contributed by atoms with Crippen molar-refractivity contribution in [2.24, 2.45) is 10.9 Å². The first kappa shape index (κ1) is 17.2. The van der Waals surface area contributed by atoms with Gasteiger partial charge in [-0.2, -0.15) is 5.10 Å². The summed E-state index contributed by atoms with van der Waals surface area (Å²) in [6.45, 7) is 1.79. The number of carboxylic acids is 1. The van der Waals surface area contributed by atoms with E-state index in [1.54, 1.807) is 43.3 Å². The van der Waals surface area contributed by atoms with Gasteiger partial charge in [-0.3, -0.25) is 9.59 Å². The van der Waals surface area contributed by atoms with Crippen molar-refractivity contribution in [1.82, 2.24) is 0 Å². The summed E-state index contributed by atoms with van der Waals surface area (Å²) in [5, 5.41) is 12.2. The molecule has 0 atom stereocenters. The average molecular weight is 325 g/mol. The van der Waals surface area contributed by atoms with E-state index in [2.05, 4.69) is 5.10 Å². The highest BCUT2D eigenvalue weighted by Gasteiger charge is 2.16. The number of hydrogen-bond acceptors (Lipinski definition) is 5. The van der Waals surface area contributed by atoms with Crippen LogP contribution in [-0.2, 0) is 11.2 Å². The third kappa shape index (κ3) is 3.78. The minimum Gasteiger partial charge on any atom is -0.481 e. The van der Waals surface area contributed by atoms with E-state index in [4.69, 9.17) is 16.7 Å². The highest BCUT2D eigenvalue weighted by atomic mass is 16.4. The Morgan fingerprint density at radius 2 is 2.00 bits per heavy atom. The standard InChI is InChI=1S/C18H19N3O3/c1-11-13(6-8-16(22)23)5-7-15(17(11)19)18(24)14-4-2-3-12(9-14)10-21-20/h2-5,7,9-10H,6,8,19-20H2,1H3,(H,22,23).